The molecule has 0 radical (unpaired) electrons. The molecule has 2 heterocycles. The number of halogens is 2. The number of nitrogen functional groups attached to an aromatic ring is 1. The second kappa shape index (κ2) is 5.00. The van der Waals surface area contributed by atoms with Gasteiger partial charge in [-0.05, 0) is 29.6 Å². The monoisotopic (exact) mass is 354 g/mol. The number of anilines is 1. The Kier molecular flexibility index (Phi) is 3.35. The van der Waals surface area contributed by atoms with Gasteiger partial charge in [0.2, 0.25) is 0 Å². The molecule has 2 aromatic heterocycles. The second-order valence-electron chi connectivity index (χ2n) is 3.87. The maximum absolute atomic E-state index is 6.04. The molecular weight excluding hydrogens is 348 g/mol. The van der Waals surface area contributed by atoms with Crippen molar-refractivity contribution in [1.82, 2.24) is 5.16 Å². The van der Waals surface area contributed by atoms with Crippen LogP contribution in [0, 0.1) is 0 Å². The van der Waals surface area contributed by atoms with Crippen LogP contribution in [0.3, 0.4) is 0 Å². The van der Waals surface area contributed by atoms with E-state index in [0.717, 1.165) is 20.5 Å². The van der Waals surface area contributed by atoms with E-state index in [1.165, 1.54) is 0 Å². The third-order valence-electron chi connectivity index (χ3n) is 2.66. The molecule has 2 N–H and O–H groups in total. The third-order valence-corrected chi connectivity index (χ3v) is 4.47. The SMILES string of the molecule is Nc1noc(-c2cc(Cl)ccc2Br)c1-c1cccs1. The molecule has 0 fully saturated rings. The van der Waals surface area contributed by atoms with Gasteiger partial charge in [0.1, 0.15) is 0 Å². The van der Waals surface area contributed by atoms with Gasteiger partial charge in [-0.25, -0.2) is 0 Å². The van der Waals surface area contributed by atoms with Crippen molar-refractivity contribution in [1.29, 1.82) is 0 Å². The van der Waals surface area contributed by atoms with E-state index in [2.05, 4.69) is 21.1 Å². The number of rotatable bonds is 2. The molecule has 0 aliphatic carbocycles. The van der Waals surface area contributed by atoms with Gasteiger partial charge in [-0.15, -0.1) is 11.3 Å². The van der Waals surface area contributed by atoms with Gasteiger partial charge in [0.15, 0.2) is 11.6 Å². The molecule has 0 aliphatic heterocycles. The van der Waals surface area contributed by atoms with Crippen LogP contribution >= 0.6 is 38.9 Å². The zero-order valence-corrected chi connectivity index (χ0v) is 12.7. The molecule has 0 saturated heterocycles. The second-order valence-corrected chi connectivity index (χ2v) is 6.11. The molecule has 3 rings (SSSR count). The standard InChI is InChI=1S/C13H8BrClN2OS/c14-9-4-3-7(15)6-8(9)12-11(13(16)17-18-12)10-2-1-5-19-10/h1-6H,(H2,16,17). The van der Waals surface area contributed by atoms with Gasteiger partial charge in [0.05, 0.1) is 5.56 Å². The summed E-state index contributed by atoms with van der Waals surface area (Å²) in [6, 6.07) is 9.44. The summed E-state index contributed by atoms with van der Waals surface area (Å²) in [6.07, 6.45) is 0. The van der Waals surface area contributed by atoms with Gasteiger partial charge in [0, 0.05) is 19.9 Å². The Bertz CT molecular complexity index is 724. The van der Waals surface area contributed by atoms with Crippen LogP contribution in [0.15, 0.2) is 44.7 Å². The highest BCUT2D eigenvalue weighted by molar-refractivity contribution is 9.10. The molecule has 3 nitrogen and oxygen atoms in total. The molecule has 0 spiro atoms. The van der Waals surface area contributed by atoms with E-state index in [-0.39, 0.29) is 0 Å². The Hall–Kier alpha value is -1.30. The molecule has 1 aromatic carbocycles. The summed E-state index contributed by atoms with van der Waals surface area (Å²) < 4.78 is 6.26. The molecule has 6 heteroatoms. The van der Waals surface area contributed by atoms with Crippen molar-refractivity contribution in [3.63, 3.8) is 0 Å². The molecule has 3 aromatic rings. The van der Waals surface area contributed by atoms with Gasteiger partial charge in [-0.2, -0.15) is 0 Å². The molecule has 0 atom stereocenters. The van der Waals surface area contributed by atoms with Crippen molar-refractivity contribution in [3.8, 4) is 21.8 Å². The zero-order valence-electron chi connectivity index (χ0n) is 9.56. The smallest absolute Gasteiger partial charge is 0.178 e. The fourth-order valence-electron chi connectivity index (χ4n) is 1.82. The normalized spacial score (nSPS) is 10.8. The first-order valence-electron chi connectivity index (χ1n) is 5.41. The Morgan fingerprint density at radius 2 is 2.16 bits per heavy atom. The highest BCUT2D eigenvalue weighted by Gasteiger charge is 2.20. The number of aromatic nitrogens is 1. The minimum atomic E-state index is 0.379. The Balaban J connectivity index is 2.24. The van der Waals surface area contributed by atoms with Crippen LogP contribution in [0.5, 0.6) is 0 Å². The van der Waals surface area contributed by atoms with Crippen LogP contribution in [0.4, 0.5) is 5.82 Å². The van der Waals surface area contributed by atoms with Gasteiger partial charge >= 0.3 is 0 Å². The number of hydrogen-bond donors (Lipinski definition) is 1. The number of benzene rings is 1. The van der Waals surface area contributed by atoms with E-state index in [4.69, 9.17) is 21.9 Å². The maximum atomic E-state index is 6.04. The van der Waals surface area contributed by atoms with Crippen LogP contribution in [-0.2, 0) is 0 Å². The summed E-state index contributed by atoms with van der Waals surface area (Å²) in [5.74, 6) is 0.999. The topological polar surface area (TPSA) is 52.0 Å². The highest BCUT2D eigenvalue weighted by Crippen LogP contribution is 2.41. The van der Waals surface area contributed by atoms with Crippen molar-refractivity contribution in [3.05, 3.63) is 45.2 Å². The molecule has 0 bridgehead atoms. The lowest BCUT2D eigenvalue weighted by atomic mass is 10.1. The van der Waals surface area contributed by atoms with E-state index in [9.17, 15) is 0 Å². The van der Waals surface area contributed by atoms with Crippen molar-refractivity contribution < 1.29 is 4.52 Å². The van der Waals surface area contributed by atoms with Crippen LogP contribution in [0.25, 0.3) is 21.8 Å². The summed E-state index contributed by atoms with van der Waals surface area (Å²) in [6.45, 7) is 0. The first kappa shape index (κ1) is 12.7. The predicted molar refractivity (Wildman–Crippen MR) is 82.4 cm³/mol. The Morgan fingerprint density at radius 3 is 2.89 bits per heavy atom. The van der Waals surface area contributed by atoms with Crippen molar-refractivity contribution in [2.45, 2.75) is 0 Å². The van der Waals surface area contributed by atoms with Gasteiger partial charge < -0.3 is 10.3 Å². The predicted octanol–water partition coefficient (Wildman–Crippen LogP) is 5.07. The number of thiophene rings is 1. The molecule has 96 valence electrons. The summed E-state index contributed by atoms with van der Waals surface area (Å²) >= 11 is 11.1. The first-order valence-corrected chi connectivity index (χ1v) is 7.46. The lowest BCUT2D eigenvalue weighted by Gasteiger charge is -2.03. The minimum absolute atomic E-state index is 0.379. The van der Waals surface area contributed by atoms with E-state index < -0.39 is 0 Å². The zero-order chi connectivity index (χ0) is 13.4. The van der Waals surface area contributed by atoms with Crippen LogP contribution < -0.4 is 5.73 Å². The van der Waals surface area contributed by atoms with Gasteiger partial charge in [-0.3, -0.25) is 0 Å². The average molecular weight is 356 g/mol. The largest absolute Gasteiger partial charge is 0.380 e. The Labute approximate surface area is 127 Å². The van der Waals surface area contributed by atoms with Crippen molar-refractivity contribution in [2.24, 2.45) is 0 Å². The lowest BCUT2D eigenvalue weighted by molar-refractivity contribution is 0.436. The molecule has 0 amide bonds. The number of nitrogens with two attached hydrogens (primary N) is 1. The van der Waals surface area contributed by atoms with E-state index in [1.807, 2.05) is 29.6 Å². The summed E-state index contributed by atoms with van der Waals surface area (Å²) in [4.78, 5) is 1.01. The third kappa shape index (κ3) is 2.29. The van der Waals surface area contributed by atoms with Crippen LogP contribution in [0.1, 0.15) is 0 Å². The highest BCUT2D eigenvalue weighted by atomic mass is 79.9. The van der Waals surface area contributed by atoms with E-state index >= 15 is 0 Å². The molecule has 0 saturated carbocycles. The number of hydrogen-bond acceptors (Lipinski definition) is 4. The van der Waals surface area contributed by atoms with E-state index in [0.29, 0.717) is 16.6 Å². The van der Waals surface area contributed by atoms with Gasteiger partial charge in [-0.1, -0.05) is 38.8 Å². The average Bonchev–Trinajstić information content (AvgIpc) is 3.01. The van der Waals surface area contributed by atoms with Crippen molar-refractivity contribution >= 4 is 44.7 Å². The Morgan fingerprint density at radius 1 is 1.32 bits per heavy atom. The lowest BCUT2D eigenvalue weighted by Crippen LogP contribution is -1.87. The fourth-order valence-corrected chi connectivity index (χ4v) is 3.19. The van der Waals surface area contributed by atoms with Crippen LogP contribution in [-0.4, -0.2) is 5.16 Å². The molecule has 0 aliphatic rings. The molecule has 0 unspecified atom stereocenters. The van der Waals surface area contributed by atoms with E-state index in [1.54, 1.807) is 17.4 Å². The summed E-state index contributed by atoms with van der Waals surface area (Å²) in [7, 11) is 0. The first-order chi connectivity index (χ1) is 9.16. The minimum Gasteiger partial charge on any atom is -0.380 e. The van der Waals surface area contributed by atoms with Crippen LogP contribution in [0.2, 0.25) is 5.02 Å². The number of nitrogens with zero attached hydrogens (tertiary/aromatic N) is 1. The molecular formula is C13H8BrClN2OS. The maximum Gasteiger partial charge on any atom is 0.178 e. The molecule has 19 heavy (non-hydrogen) atoms. The van der Waals surface area contributed by atoms with Crippen molar-refractivity contribution in [2.75, 3.05) is 5.73 Å². The summed E-state index contributed by atoms with van der Waals surface area (Å²) in [5.41, 5.74) is 7.55. The summed E-state index contributed by atoms with van der Waals surface area (Å²) in [5, 5.41) is 6.48. The fraction of sp³-hybridized carbons (Fsp3) is 0. The quantitative estimate of drug-likeness (QED) is 0.698. The van der Waals surface area contributed by atoms with Gasteiger partial charge in [0.25, 0.3) is 0 Å².